The number of ether oxygens (including phenoxy) is 2. The molecule has 2 N–H and O–H groups in total. The molecule has 7 nitrogen and oxygen atoms in total. The van der Waals surface area contributed by atoms with Gasteiger partial charge in [0.25, 0.3) is 0 Å². The molecule has 1 amide bonds. The van der Waals surface area contributed by atoms with Crippen LogP contribution in [0.5, 0.6) is 11.5 Å². The van der Waals surface area contributed by atoms with Crippen LogP contribution in [0.25, 0.3) is 22.0 Å². The summed E-state index contributed by atoms with van der Waals surface area (Å²) in [4.78, 5) is 20.4. The van der Waals surface area contributed by atoms with Gasteiger partial charge in [0.2, 0.25) is 11.9 Å². The Kier molecular flexibility index (Phi) is 5.63. The maximum absolute atomic E-state index is 11.4. The van der Waals surface area contributed by atoms with E-state index >= 15 is 0 Å². The Labute approximate surface area is 164 Å². The molecule has 0 unspecified atom stereocenters. The smallest absolute Gasteiger partial charge is 0.223 e. The zero-order valence-corrected chi connectivity index (χ0v) is 16.7. The van der Waals surface area contributed by atoms with Crippen LogP contribution in [0.3, 0.4) is 0 Å². The molecule has 0 atom stereocenters. The lowest BCUT2D eigenvalue weighted by Gasteiger charge is -2.15. The van der Waals surface area contributed by atoms with Gasteiger partial charge in [0.05, 0.1) is 19.7 Å². The van der Waals surface area contributed by atoms with Crippen molar-refractivity contribution in [2.75, 3.05) is 24.9 Å². The van der Waals surface area contributed by atoms with E-state index in [9.17, 15) is 4.79 Å². The van der Waals surface area contributed by atoms with Gasteiger partial charge in [-0.15, -0.1) is 0 Å². The van der Waals surface area contributed by atoms with Crippen molar-refractivity contribution in [2.45, 2.75) is 26.8 Å². The van der Waals surface area contributed by atoms with Gasteiger partial charge >= 0.3 is 0 Å². The second kappa shape index (κ2) is 8.12. The Morgan fingerprint density at radius 2 is 1.75 bits per heavy atom. The Balaban J connectivity index is 2.15. The topological polar surface area (TPSA) is 85.4 Å². The zero-order chi connectivity index (χ0) is 20.3. The van der Waals surface area contributed by atoms with Crippen molar-refractivity contribution in [3.63, 3.8) is 0 Å². The van der Waals surface area contributed by atoms with Crippen LogP contribution in [-0.4, -0.2) is 36.1 Å². The van der Waals surface area contributed by atoms with E-state index in [1.165, 1.54) is 6.92 Å². The number of aromatic nitrogens is 2. The quantitative estimate of drug-likeness (QED) is 0.670. The number of carbonyl (C=O) groups excluding carboxylic acids is 1. The molecule has 0 aliphatic heterocycles. The number of fused-ring (bicyclic) bond motifs is 1. The first-order valence-electron chi connectivity index (χ1n) is 8.98. The van der Waals surface area contributed by atoms with Crippen molar-refractivity contribution in [3.8, 4) is 22.6 Å². The highest BCUT2D eigenvalue weighted by atomic mass is 16.5. The van der Waals surface area contributed by atoms with Crippen molar-refractivity contribution < 1.29 is 14.3 Å². The number of nitrogens with one attached hydrogen (secondary N) is 2. The fourth-order valence-electron chi connectivity index (χ4n) is 2.97. The molecule has 3 aromatic rings. The summed E-state index contributed by atoms with van der Waals surface area (Å²) >= 11 is 0. The highest BCUT2D eigenvalue weighted by molar-refractivity contribution is 5.93. The van der Waals surface area contributed by atoms with Crippen molar-refractivity contribution in [1.82, 2.24) is 9.97 Å². The van der Waals surface area contributed by atoms with Gasteiger partial charge < -0.3 is 20.1 Å². The molecular weight excluding hydrogens is 356 g/mol. The third-order valence-corrected chi connectivity index (χ3v) is 4.13. The van der Waals surface area contributed by atoms with Crippen LogP contribution in [0.1, 0.15) is 20.8 Å². The number of methoxy groups -OCH3 is 2. The summed E-state index contributed by atoms with van der Waals surface area (Å²) in [7, 11) is 3.22. The van der Waals surface area contributed by atoms with E-state index in [4.69, 9.17) is 9.47 Å². The maximum atomic E-state index is 11.4. The van der Waals surface area contributed by atoms with Crippen LogP contribution in [0, 0.1) is 0 Å². The average Bonchev–Trinajstić information content (AvgIpc) is 2.65. The minimum absolute atomic E-state index is 0.139. The molecule has 0 radical (unpaired) electrons. The fraction of sp³-hybridized carbons (Fsp3) is 0.286. The molecule has 3 rings (SSSR count). The third kappa shape index (κ3) is 4.14. The van der Waals surface area contributed by atoms with Gasteiger partial charge in [-0.25, -0.2) is 9.97 Å². The van der Waals surface area contributed by atoms with Crippen molar-refractivity contribution in [3.05, 3.63) is 36.5 Å². The van der Waals surface area contributed by atoms with Crippen LogP contribution in [0.2, 0.25) is 0 Å². The molecule has 1 aromatic heterocycles. The van der Waals surface area contributed by atoms with Crippen LogP contribution in [-0.2, 0) is 4.79 Å². The van der Waals surface area contributed by atoms with Gasteiger partial charge in [-0.05, 0) is 38.1 Å². The van der Waals surface area contributed by atoms with Crippen molar-refractivity contribution in [1.29, 1.82) is 0 Å². The minimum atomic E-state index is -0.139. The highest BCUT2D eigenvalue weighted by Gasteiger charge is 2.15. The number of rotatable bonds is 6. The monoisotopic (exact) mass is 380 g/mol. The number of hydrogen-bond donors (Lipinski definition) is 2. The SMILES string of the molecule is COc1ccc(NC(C)=O)cc1-c1cc2cnc(NC(C)C)nc2cc1OC. The Morgan fingerprint density at radius 3 is 2.39 bits per heavy atom. The van der Waals surface area contributed by atoms with Crippen LogP contribution >= 0.6 is 0 Å². The van der Waals surface area contributed by atoms with E-state index in [0.29, 0.717) is 23.1 Å². The third-order valence-electron chi connectivity index (χ3n) is 4.13. The maximum Gasteiger partial charge on any atom is 0.223 e. The van der Waals surface area contributed by atoms with Crippen LogP contribution < -0.4 is 20.1 Å². The molecule has 0 saturated heterocycles. The van der Waals surface area contributed by atoms with E-state index in [1.54, 1.807) is 26.5 Å². The molecule has 7 heteroatoms. The molecule has 0 bridgehead atoms. The van der Waals surface area contributed by atoms with E-state index in [2.05, 4.69) is 20.6 Å². The molecule has 1 heterocycles. The van der Waals surface area contributed by atoms with Gasteiger partial charge in [0.15, 0.2) is 0 Å². The Morgan fingerprint density at radius 1 is 1.04 bits per heavy atom. The van der Waals surface area contributed by atoms with E-state index < -0.39 is 0 Å². The van der Waals surface area contributed by atoms with E-state index in [1.807, 2.05) is 38.1 Å². The summed E-state index contributed by atoms with van der Waals surface area (Å²) in [5.41, 5.74) is 3.08. The molecule has 146 valence electrons. The second-order valence-corrected chi connectivity index (χ2v) is 6.70. The first-order chi connectivity index (χ1) is 13.4. The largest absolute Gasteiger partial charge is 0.496 e. The predicted molar refractivity (Wildman–Crippen MR) is 111 cm³/mol. The normalized spacial score (nSPS) is 10.8. The number of anilines is 2. The number of benzene rings is 2. The number of amides is 1. The second-order valence-electron chi connectivity index (χ2n) is 6.70. The minimum Gasteiger partial charge on any atom is -0.496 e. The molecular formula is C21H24N4O3. The summed E-state index contributed by atoms with van der Waals surface area (Å²) in [6, 6.07) is 9.55. The first kappa shape index (κ1) is 19.4. The lowest BCUT2D eigenvalue weighted by Crippen LogP contribution is -2.12. The first-order valence-corrected chi connectivity index (χ1v) is 8.98. The van der Waals surface area contributed by atoms with Crippen molar-refractivity contribution in [2.24, 2.45) is 0 Å². The molecule has 28 heavy (non-hydrogen) atoms. The van der Waals surface area contributed by atoms with E-state index in [-0.39, 0.29) is 11.9 Å². The summed E-state index contributed by atoms with van der Waals surface area (Å²) < 4.78 is 11.2. The van der Waals surface area contributed by atoms with Gasteiger partial charge in [-0.3, -0.25) is 4.79 Å². The summed E-state index contributed by atoms with van der Waals surface area (Å²) in [6.45, 7) is 5.54. The molecule has 0 spiro atoms. The average molecular weight is 380 g/mol. The number of nitrogens with zero attached hydrogens (tertiary/aromatic N) is 2. The van der Waals surface area contributed by atoms with Gasteiger partial charge in [-0.1, -0.05) is 0 Å². The molecule has 0 fully saturated rings. The Bertz CT molecular complexity index is 1020. The van der Waals surface area contributed by atoms with Crippen LogP contribution in [0.4, 0.5) is 11.6 Å². The lowest BCUT2D eigenvalue weighted by molar-refractivity contribution is -0.114. The molecule has 0 aliphatic carbocycles. The highest BCUT2D eigenvalue weighted by Crippen LogP contribution is 2.40. The summed E-state index contributed by atoms with van der Waals surface area (Å²) in [5.74, 6) is 1.76. The fourth-order valence-corrected chi connectivity index (χ4v) is 2.97. The predicted octanol–water partition coefficient (Wildman–Crippen LogP) is 4.09. The van der Waals surface area contributed by atoms with Crippen molar-refractivity contribution >= 4 is 28.4 Å². The summed E-state index contributed by atoms with van der Waals surface area (Å²) in [5, 5.41) is 6.87. The Hall–Kier alpha value is -3.35. The van der Waals surface area contributed by atoms with Crippen LogP contribution in [0.15, 0.2) is 36.5 Å². The lowest BCUT2D eigenvalue weighted by atomic mass is 10.0. The molecule has 2 aromatic carbocycles. The van der Waals surface area contributed by atoms with E-state index in [0.717, 1.165) is 22.0 Å². The van der Waals surface area contributed by atoms with Gasteiger partial charge in [0.1, 0.15) is 11.5 Å². The molecule has 0 aliphatic rings. The molecule has 0 saturated carbocycles. The summed E-state index contributed by atoms with van der Waals surface area (Å²) in [6.07, 6.45) is 1.78. The van der Waals surface area contributed by atoms with Gasteiger partial charge in [-0.2, -0.15) is 0 Å². The number of hydrogen-bond acceptors (Lipinski definition) is 6. The zero-order valence-electron chi connectivity index (χ0n) is 16.7. The number of carbonyl (C=O) groups is 1. The standard InChI is InChI=1S/C21H24N4O3/c1-12(2)23-21-22-11-14-8-16(20(28-5)10-18(14)25-21)17-9-15(24-13(3)26)6-7-19(17)27-4/h6-12H,1-5H3,(H,24,26)(H,22,23,25). The van der Waals surface area contributed by atoms with Gasteiger partial charge in [0, 0.05) is 47.4 Å².